The zero-order chi connectivity index (χ0) is 67.5. The molecule has 27 nitrogen and oxygen atoms in total. The molecule has 3 saturated heterocycles. The van der Waals surface area contributed by atoms with Gasteiger partial charge in [0.15, 0.2) is 0 Å². The fraction of sp³-hybridized carbons (Fsp3) is 0.594. The summed E-state index contributed by atoms with van der Waals surface area (Å²) in [7, 11) is 1.16. The molecule has 0 spiro atoms. The molecule has 0 saturated carbocycles. The van der Waals surface area contributed by atoms with Crippen LogP contribution in [0.25, 0.3) is 10.9 Å². The number of fused-ring (bicyclic) bond motifs is 1. The molecule has 3 atom stereocenters. The maximum Gasteiger partial charge on any atom is 0.317 e. The Labute approximate surface area is 539 Å². The summed E-state index contributed by atoms with van der Waals surface area (Å²) in [5, 5.41) is 49.7. The number of likely N-dealkylation sites (tertiary alicyclic amines) is 2. The first-order valence-corrected chi connectivity index (χ1v) is 31.7. The lowest BCUT2D eigenvalue weighted by Crippen LogP contribution is -2.57. The zero-order valence-electron chi connectivity index (χ0n) is 53.0. The fourth-order valence-corrected chi connectivity index (χ4v) is 11.6. The maximum absolute atomic E-state index is 14.5. The molecule has 1 aromatic heterocycles. The number of carboxylic acid groups (broad SMARTS) is 3. The van der Waals surface area contributed by atoms with Crippen LogP contribution >= 0.6 is 0 Å². The lowest BCUT2D eigenvalue weighted by molar-refractivity contribution is -0.147. The summed E-state index contributed by atoms with van der Waals surface area (Å²) in [5.41, 5.74) is 2.92. The van der Waals surface area contributed by atoms with E-state index in [0.29, 0.717) is 81.3 Å². The Bertz CT molecular complexity index is 3060. The number of nitriles is 1. The number of piperidine rings is 1. The second-order valence-electron chi connectivity index (χ2n) is 24.0. The number of rotatable bonds is 32. The number of carboxylic acids is 3. The van der Waals surface area contributed by atoms with E-state index in [0.717, 1.165) is 42.4 Å². The van der Waals surface area contributed by atoms with Crippen LogP contribution in [-0.2, 0) is 54.3 Å². The highest BCUT2D eigenvalue weighted by molar-refractivity contribution is 6.07. The Morgan fingerprint density at radius 1 is 0.720 bits per heavy atom. The van der Waals surface area contributed by atoms with Crippen LogP contribution in [0, 0.1) is 24.2 Å². The standard InChI is InChI=1S/C64H88F2N12O15/c1-44-12-14-45(15-13-44)9-7-11-54(79)69-21-5-3-10-52(71-55(80)39-73-25-27-74(40-57(82)83)29-31-76(42-59(86)87)32-30-75(28-26-73)41-58(84)85)62(90)72-53(35-60(88)92-2)63(91)77-23-19-46(20-24-77)8-4-6-33-93-48-16-17-51-50(34-48)49(18-22-68-51)61(89)70-38-56(81)78-43-64(65,66)36-47(78)37-67/h12-18,22,34,46-47,52-53H,3-11,19-21,23-33,35-36,38-43H2,1-2H3,(H,69,79)(H,70,89)(H,71,80)(H,72,90)(H,82,83)(H,84,85)(H,86,87)/t47-,52+,53+/m1/s1. The van der Waals surface area contributed by atoms with Crippen molar-refractivity contribution in [3.8, 4) is 11.8 Å². The van der Waals surface area contributed by atoms with Crippen molar-refractivity contribution >= 4 is 70.2 Å². The average Bonchev–Trinajstić information content (AvgIpc) is 1.83. The fourth-order valence-electron chi connectivity index (χ4n) is 11.6. The highest BCUT2D eigenvalue weighted by Gasteiger charge is 2.47. The second kappa shape index (κ2) is 37.3. The number of benzene rings is 2. The molecule has 508 valence electrons. The third-order valence-electron chi connectivity index (χ3n) is 16.8. The predicted molar refractivity (Wildman–Crippen MR) is 334 cm³/mol. The van der Waals surface area contributed by atoms with E-state index in [4.69, 9.17) is 9.47 Å². The molecule has 3 fully saturated rings. The number of aromatic nitrogens is 1. The van der Waals surface area contributed by atoms with E-state index in [1.807, 2.05) is 31.2 Å². The van der Waals surface area contributed by atoms with Gasteiger partial charge in [-0.2, -0.15) is 5.26 Å². The first-order chi connectivity index (χ1) is 44.5. The number of carbonyl (C=O) groups is 10. The SMILES string of the molecule is COC(=O)C[C@H](NC(=O)[C@H](CCCCNC(=O)CCCc1ccc(C)cc1)NC(=O)CN1CCN(CC(=O)O)CCN(CC(=O)O)CCN(CC(=O)O)CC1)C(=O)N1CCC(CCCCOc2ccc3nccc(C(=O)NCC(=O)N4CC(F)(F)C[C@@H]4C#N)c3c2)CC1. The monoisotopic (exact) mass is 1300 g/mol. The van der Waals surface area contributed by atoms with Gasteiger partial charge >= 0.3 is 23.9 Å². The number of aliphatic carboxylic acids is 3. The van der Waals surface area contributed by atoms with E-state index in [2.05, 4.69) is 26.3 Å². The van der Waals surface area contributed by atoms with Crippen molar-refractivity contribution in [3.05, 3.63) is 71.4 Å². The summed E-state index contributed by atoms with van der Waals surface area (Å²) in [5.74, 6) is -10.0. The molecule has 0 bridgehead atoms. The molecule has 2 aromatic carbocycles. The van der Waals surface area contributed by atoms with Crippen LogP contribution in [0.2, 0.25) is 0 Å². The molecule has 6 rings (SSSR count). The number of alkyl halides is 2. The van der Waals surface area contributed by atoms with Gasteiger partial charge in [0.05, 0.1) is 76.6 Å². The highest BCUT2D eigenvalue weighted by atomic mass is 19.3. The van der Waals surface area contributed by atoms with Crippen LogP contribution in [0.4, 0.5) is 8.78 Å². The van der Waals surface area contributed by atoms with Crippen LogP contribution in [0.15, 0.2) is 54.7 Å². The number of hydrogen-bond donors (Lipinski definition) is 7. The Balaban J connectivity index is 1.04. The number of nitrogens with zero attached hydrogens (tertiary/aromatic N) is 8. The molecule has 3 aliphatic heterocycles. The third kappa shape index (κ3) is 25.5. The predicted octanol–water partition coefficient (Wildman–Crippen LogP) is 2.14. The van der Waals surface area contributed by atoms with Crippen molar-refractivity contribution in [3.63, 3.8) is 0 Å². The largest absolute Gasteiger partial charge is 0.494 e. The number of hydrogen-bond acceptors (Lipinski definition) is 18. The summed E-state index contributed by atoms with van der Waals surface area (Å²) < 4.78 is 38.9. The van der Waals surface area contributed by atoms with Gasteiger partial charge in [-0.05, 0) is 100 Å². The normalized spacial score (nSPS) is 17.8. The number of unbranched alkanes of at least 4 members (excludes halogenated alkanes) is 2. The lowest BCUT2D eigenvalue weighted by Gasteiger charge is -2.35. The first-order valence-electron chi connectivity index (χ1n) is 31.7. The van der Waals surface area contributed by atoms with Crippen molar-refractivity contribution in [1.82, 2.24) is 55.7 Å². The van der Waals surface area contributed by atoms with Gasteiger partial charge in [0.25, 0.3) is 11.8 Å². The minimum atomic E-state index is -3.20. The van der Waals surface area contributed by atoms with Crippen LogP contribution in [0.3, 0.4) is 0 Å². The molecule has 7 N–H and O–H groups in total. The Kier molecular flexibility index (Phi) is 29.5. The molecule has 0 unspecified atom stereocenters. The topological polar surface area (TPSA) is 354 Å². The zero-order valence-corrected chi connectivity index (χ0v) is 53.0. The van der Waals surface area contributed by atoms with Crippen molar-refractivity contribution < 1.29 is 81.5 Å². The van der Waals surface area contributed by atoms with Crippen molar-refractivity contribution in [2.24, 2.45) is 5.92 Å². The molecule has 29 heteroatoms. The van der Waals surface area contributed by atoms with E-state index < -0.39 is 103 Å². The number of esters is 1. The van der Waals surface area contributed by atoms with Crippen LogP contribution in [-0.4, -0.2) is 258 Å². The van der Waals surface area contributed by atoms with E-state index >= 15 is 0 Å². The molecule has 0 aliphatic carbocycles. The van der Waals surface area contributed by atoms with Gasteiger partial charge in [-0.1, -0.05) is 36.2 Å². The van der Waals surface area contributed by atoms with E-state index in [1.54, 1.807) is 48.8 Å². The maximum atomic E-state index is 14.5. The molecular formula is C64H88F2N12O15. The van der Waals surface area contributed by atoms with Crippen molar-refractivity contribution in [2.45, 2.75) is 114 Å². The van der Waals surface area contributed by atoms with Gasteiger partial charge in [-0.25, -0.2) is 8.78 Å². The van der Waals surface area contributed by atoms with Crippen molar-refractivity contribution in [1.29, 1.82) is 5.26 Å². The Morgan fingerprint density at radius 2 is 1.33 bits per heavy atom. The summed E-state index contributed by atoms with van der Waals surface area (Å²) in [4.78, 5) is 143. The molecule has 3 aliphatic rings. The number of aryl methyl sites for hydroxylation is 2. The van der Waals surface area contributed by atoms with Gasteiger partial charge < -0.3 is 55.9 Å². The van der Waals surface area contributed by atoms with Crippen molar-refractivity contribution in [2.75, 3.05) is 125 Å². The summed E-state index contributed by atoms with van der Waals surface area (Å²) in [6.07, 6.45) is 6.18. The van der Waals surface area contributed by atoms with Gasteiger partial charge in [-0.15, -0.1) is 0 Å². The van der Waals surface area contributed by atoms with Gasteiger partial charge in [0.1, 0.15) is 23.9 Å². The summed E-state index contributed by atoms with van der Waals surface area (Å²) in [6, 6.07) is 12.4. The number of nitrogens with one attached hydrogen (secondary N) is 4. The average molecular weight is 1300 g/mol. The Hall–Kier alpha value is -8.46. The molecular weight excluding hydrogens is 1210 g/mol. The number of pyridine rings is 1. The van der Waals surface area contributed by atoms with Gasteiger partial charge in [0, 0.05) is 96.4 Å². The molecule has 93 heavy (non-hydrogen) atoms. The van der Waals surface area contributed by atoms with Gasteiger partial charge in [-0.3, -0.25) is 72.5 Å². The molecule has 0 radical (unpaired) electrons. The number of amides is 6. The van der Waals surface area contributed by atoms with Crippen LogP contribution < -0.4 is 26.0 Å². The van der Waals surface area contributed by atoms with Gasteiger partial charge in [0.2, 0.25) is 29.5 Å². The molecule has 6 amide bonds. The number of ether oxygens (including phenoxy) is 2. The summed E-state index contributed by atoms with van der Waals surface area (Å²) >= 11 is 0. The van der Waals surface area contributed by atoms with Crippen LogP contribution in [0.1, 0.15) is 98.5 Å². The van der Waals surface area contributed by atoms with E-state index in [9.17, 15) is 77.3 Å². The van der Waals surface area contributed by atoms with E-state index in [-0.39, 0.29) is 109 Å². The number of methoxy groups -OCH3 is 1. The van der Waals surface area contributed by atoms with Crippen LogP contribution in [0.5, 0.6) is 5.75 Å². The molecule has 3 aromatic rings. The number of halogens is 2. The third-order valence-corrected chi connectivity index (χ3v) is 16.8. The minimum Gasteiger partial charge on any atom is -0.494 e. The van der Waals surface area contributed by atoms with E-state index in [1.165, 1.54) is 12.3 Å². The Morgan fingerprint density at radius 3 is 1.92 bits per heavy atom. The number of carbonyl (C=O) groups excluding carboxylic acids is 7. The second-order valence-corrected chi connectivity index (χ2v) is 24.0. The lowest BCUT2D eigenvalue weighted by atomic mass is 9.91. The summed E-state index contributed by atoms with van der Waals surface area (Å²) in [6.45, 7) is 1.65. The highest BCUT2D eigenvalue weighted by Crippen LogP contribution is 2.32. The quantitative estimate of drug-likeness (QED) is 0.0348. The smallest absolute Gasteiger partial charge is 0.317 e. The first kappa shape index (κ1) is 73.6. The molecule has 4 heterocycles. The minimum absolute atomic E-state index is 0.0631.